The third kappa shape index (κ3) is 4.08. The van der Waals surface area contributed by atoms with Crippen LogP contribution in [0.4, 0.5) is 8.78 Å². The zero-order valence-corrected chi connectivity index (χ0v) is 10.7. The molecule has 4 heteroatoms. The van der Waals surface area contributed by atoms with E-state index in [1.54, 1.807) is 18.2 Å². The van der Waals surface area contributed by atoms with Crippen molar-refractivity contribution in [1.29, 1.82) is 0 Å². The Morgan fingerprint density at radius 1 is 1.05 bits per heavy atom. The van der Waals surface area contributed by atoms with Gasteiger partial charge in [0.25, 0.3) is 0 Å². The van der Waals surface area contributed by atoms with E-state index >= 15 is 0 Å². The Balaban J connectivity index is 2.11. The van der Waals surface area contributed by atoms with Crippen LogP contribution in [0.5, 0.6) is 5.75 Å². The van der Waals surface area contributed by atoms with E-state index in [0.717, 1.165) is 0 Å². The van der Waals surface area contributed by atoms with Gasteiger partial charge in [0.15, 0.2) is 0 Å². The van der Waals surface area contributed by atoms with Gasteiger partial charge in [-0.05, 0) is 29.8 Å². The summed E-state index contributed by atoms with van der Waals surface area (Å²) in [5.41, 5.74) is 6.43. The number of nitrogens with two attached hydrogens (primary N) is 1. The van der Waals surface area contributed by atoms with E-state index in [4.69, 9.17) is 10.5 Å². The molecule has 20 heavy (non-hydrogen) atoms. The highest BCUT2D eigenvalue weighted by molar-refractivity contribution is 5.40. The molecule has 2 nitrogen and oxygen atoms in total. The molecule has 0 bridgehead atoms. The molecule has 0 aliphatic rings. The summed E-state index contributed by atoms with van der Waals surface area (Å²) in [6, 6.07) is 10.2. The molecule has 102 valence electrons. The van der Waals surface area contributed by atoms with Crippen molar-refractivity contribution in [3.8, 4) is 17.6 Å². The quantitative estimate of drug-likeness (QED) is 0.873. The summed E-state index contributed by atoms with van der Waals surface area (Å²) in [6.45, 7) is 0.362. The maximum atomic E-state index is 13.4. The zero-order valence-electron chi connectivity index (χ0n) is 10.7. The van der Waals surface area contributed by atoms with Gasteiger partial charge in [-0.2, -0.15) is 0 Å². The largest absolute Gasteiger partial charge is 0.489 e. The molecular weight excluding hydrogens is 260 g/mol. The summed E-state index contributed by atoms with van der Waals surface area (Å²) in [5.74, 6) is 4.95. The SMILES string of the molecule is NCC#Cc1cc(F)cc(OCc2cccc(F)c2)c1. The van der Waals surface area contributed by atoms with E-state index in [1.807, 2.05) is 0 Å². The van der Waals surface area contributed by atoms with Gasteiger partial charge in [-0.1, -0.05) is 24.0 Å². The average Bonchev–Trinajstić information content (AvgIpc) is 2.42. The minimum Gasteiger partial charge on any atom is -0.489 e. The van der Waals surface area contributed by atoms with Crippen molar-refractivity contribution < 1.29 is 13.5 Å². The van der Waals surface area contributed by atoms with Gasteiger partial charge in [-0.3, -0.25) is 0 Å². The van der Waals surface area contributed by atoms with E-state index in [0.29, 0.717) is 16.9 Å². The molecule has 0 spiro atoms. The molecule has 0 heterocycles. The van der Waals surface area contributed by atoms with Crippen LogP contribution in [0.2, 0.25) is 0 Å². The van der Waals surface area contributed by atoms with Crippen molar-refractivity contribution in [2.24, 2.45) is 5.73 Å². The second-order valence-electron chi connectivity index (χ2n) is 4.10. The first kappa shape index (κ1) is 14.0. The number of benzene rings is 2. The second kappa shape index (κ2) is 6.69. The summed E-state index contributed by atoms with van der Waals surface area (Å²) in [7, 11) is 0. The summed E-state index contributed by atoms with van der Waals surface area (Å²) in [6.07, 6.45) is 0. The molecule has 0 unspecified atom stereocenters. The van der Waals surface area contributed by atoms with Crippen molar-refractivity contribution in [2.45, 2.75) is 6.61 Å². The molecule has 0 aliphatic heterocycles. The average molecular weight is 273 g/mol. The molecule has 0 aromatic heterocycles. The van der Waals surface area contributed by atoms with E-state index in [-0.39, 0.29) is 19.0 Å². The normalized spacial score (nSPS) is 9.75. The Kier molecular flexibility index (Phi) is 4.70. The molecule has 0 saturated carbocycles. The Hall–Kier alpha value is -2.38. The van der Waals surface area contributed by atoms with E-state index in [2.05, 4.69) is 11.8 Å². The van der Waals surface area contributed by atoms with Crippen LogP contribution in [0.25, 0.3) is 0 Å². The highest BCUT2D eigenvalue weighted by Gasteiger charge is 2.02. The highest BCUT2D eigenvalue weighted by atomic mass is 19.1. The van der Waals surface area contributed by atoms with Gasteiger partial charge >= 0.3 is 0 Å². The fourth-order valence-corrected chi connectivity index (χ4v) is 1.66. The van der Waals surface area contributed by atoms with Crippen LogP contribution >= 0.6 is 0 Å². The van der Waals surface area contributed by atoms with Gasteiger partial charge in [-0.25, -0.2) is 8.78 Å². The van der Waals surface area contributed by atoms with Crippen molar-refractivity contribution in [3.63, 3.8) is 0 Å². The topological polar surface area (TPSA) is 35.2 Å². The monoisotopic (exact) mass is 273 g/mol. The van der Waals surface area contributed by atoms with Crippen LogP contribution in [0, 0.1) is 23.5 Å². The smallest absolute Gasteiger partial charge is 0.128 e. The molecule has 0 fully saturated rings. The van der Waals surface area contributed by atoms with Gasteiger partial charge in [0, 0.05) is 11.6 Å². The molecule has 0 saturated heterocycles. The minimum absolute atomic E-state index is 0.158. The first-order valence-electron chi connectivity index (χ1n) is 6.04. The lowest BCUT2D eigenvalue weighted by Gasteiger charge is -2.07. The van der Waals surface area contributed by atoms with E-state index < -0.39 is 5.82 Å². The maximum absolute atomic E-state index is 13.4. The van der Waals surface area contributed by atoms with Crippen molar-refractivity contribution in [3.05, 3.63) is 65.2 Å². The van der Waals surface area contributed by atoms with E-state index in [9.17, 15) is 8.78 Å². The van der Waals surface area contributed by atoms with Crippen molar-refractivity contribution >= 4 is 0 Å². The molecule has 2 aromatic rings. The van der Waals surface area contributed by atoms with Gasteiger partial charge in [0.1, 0.15) is 24.0 Å². The molecule has 0 aliphatic carbocycles. The summed E-state index contributed by atoms with van der Waals surface area (Å²) < 4.78 is 31.9. The van der Waals surface area contributed by atoms with Crippen LogP contribution in [0.1, 0.15) is 11.1 Å². The van der Waals surface area contributed by atoms with Crippen LogP contribution in [-0.4, -0.2) is 6.54 Å². The fraction of sp³-hybridized carbons (Fsp3) is 0.125. The third-order valence-corrected chi connectivity index (χ3v) is 2.50. The number of hydrogen-bond donors (Lipinski definition) is 1. The first-order chi connectivity index (χ1) is 9.67. The maximum Gasteiger partial charge on any atom is 0.128 e. The summed E-state index contributed by atoms with van der Waals surface area (Å²) >= 11 is 0. The molecule has 0 radical (unpaired) electrons. The predicted octanol–water partition coefficient (Wildman–Crippen LogP) is 2.85. The van der Waals surface area contributed by atoms with E-state index in [1.165, 1.54) is 24.3 Å². The minimum atomic E-state index is -0.442. The molecule has 2 N–H and O–H groups in total. The first-order valence-corrected chi connectivity index (χ1v) is 6.04. The Morgan fingerprint density at radius 2 is 1.90 bits per heavy atom. The Bertz CT molecular complexity index is 659. The number of rotatable bonds is 3. The number of ether oxygens (including phenoxy) is 1. The van der Waals surface area contributed by atoms with Crippen LogP contribution < -0.4 is 10.5 Å². The van der Waals surface area contributed by atoms with Gasteiger partial charge in [0.05, 0.1) is 6.54 Å². The fourth-order valence-electron chi connectivity index (χ4n) is 1.66. The van der Waals surface area contributed by atoms with Gasteiger partial charge in [0.2, 0.25) is 0 Å². The lowest BCUT2D eigenvalue weighted by atomic mass is 10.2. The molecule has 2 aromatic carbocycles. The van der Waals surface area contributed by atoms with Crippen LogP contribution in [0.3, 0.4) is 0 Å². The molecular formula is C16H13F2NO. The van der Waals surface area contributed by atoms with Crippen LogP contribution in [0.15, 0.2) is 42.5 Å². The van der Waals surface area contributed by atoms with Gasteiger partial charge < -0.3 is 10.5 Å². The molecule has 2 rings (SSSR count). The van der Waals surface area contributed by atoms with Crippen molar-refractivity contribution in [2.75, 3.05) is 6.54 Å². The third-order valence-electron chi connectivity index (χ3n) is 2.50. The number of halogens is 2. The Labute approximate surface area is 116 Å². The summed E-state index contributed by atoms with van der Waals surface area (Å²) in [4.78, 5) is 0. The lowest BCUT2D eigenvalue weighted by molar-refractivity contribution is 0.304. The second-order valence-corrected chi connectivity index (χ2v) is 4.10. The molecule has 0 amide bonds. The summed E-state index contributed by atoms with van der Waals surface area (Å²) in [5, 5.41) is 0. The highest BCUT2D eigenvalue weighted by Crippen LogP contribution is 2.17. The van der Waals surface area contributed by atoms with Gasteiger partial charge in [-0.15, -0.1) is 0 Å². The standard InChI is InChI=1S/C16H13F2NO/c17-14-5-1-3-13(8-14)11-20-16-9-12(4-2-6-19)7-15(18)10-16/h1,3,5,7-10H,6,11,19H2. The predicted molar refractivity (Wildman–Crippen MR) is 73.1 cm³/mol. The lowest BCUT2D eigenvalue weighted by Crippen LogP contribution is -1.97. The zero-order chi connectivity index (χ0) is 14.4. The van der Waals surface area contributed by atoms with Crippen LogP contribution in [-0.2, 0) is 6.61 Å². The Morgan fingerprint density at radius 3 is 2.65 bits per heavy atom. The van der Waals surface area contributed by atoms with Crippen molar-refractivity contribution in [1.82, 2.24) is 0 Å². The number of hydrogen-bond acceptors (Lipinski definition) is 2. The molecule has 0 atom stereocenters.